The van der Waals surface area contributed by atoms with Gasteiger partial charge in [-0.15, -0.1) is 0 Å². The Morgan fingerprint density at radius 2 is 2.07 bits per heavy atom. The molecule has 15 heavy (non-hydrogen) atoms. The van der Waals surface area contributed by atoms with E-state index in [9.17, 15) is 9.90 Å². The van der Waals surface area contributed by atoms with Crippen LogP contribution in [0.2, 0.25) is 0 Å². The molecule has 4 heteroatoms. The van der Waals surface area contributed by atoms with Crippen molar-refractivity contribution in [2.75, 3.05) is 0 Å². The van der Waals surface area contributed by atoms with Crippen molar-refractivity contribution < 1.29 is 19.7 Å². The van der Waals surface area contributed by atoms with E-state index in [0.717, 1.165) is 16.7 Å². The lowest BCUT2D eigenvalue weighted by atomic mass is 10.00. The molecule has 1 rings (SSSR count). The quantitative estimate of drug-likeness (QED) is 0.581. The topological polar surface area (TPSA) is 66.8 Å². The van der Waals surface area contributed by atoms with E-state index >= 15 is 0 Å². The summed E-state index contributed by atoms with van der Waals surface area (Å²) in [5.41, 5.74) is 2.60. The minimum atomic E-state index is -1.42. The Morgan fingerprint density at radius 3 is 2.53 bits per heavy atom. The largest absolute Gasteiger partial charge is 0.511 e. The van der Waals surface area contributed by atoms with E-state index in [1.165, 1.54) is 6.07 Å². The Balaban J connectivity index is 3.30. The predicted molar refractivity (Wildman–Crippen MR) is 55.6 cm³/mol. The maximum Gasteiger partial charge on any atom is 0.511 e. The van der Waals surface area contributed by atoms with Gasteiger partial charge in [0, 0.05) is 5.56 Å². The van der Waals surface area contributed by atoms with E-state index in [1.807, 2.05) is 20.8 Å². The average Bonchev–Trinajstić information content (AvgIpc) is 2.14. The van der Waals surface area contributed by atoms with Crippen molar-refractivity contribution in [2.24, 2.45) is 0 Å². The number of phenols is 1. The highest BCUT2D eigenvalue weighted by Crippen LogP contribution is 2.34. The Kier molecular flexibility index (Phi) is 3.19. The molecule has 0 radical (unpaired) electrons. The van der Waals surface area contributed by atoms with Crippen molar-refractivity contribution in [1.29, 1.82) is 0 Å². The van der Waals surface area contributed by atoms with E-state index in [4.69, 9.17) is 5.11 Å². The number of phenolic OH excluding ortho intramolecular Hbond substituents is 1. The van der Waals surface area contributed by atoms with Gasteiger partial charge in [0.05, 0.1) is 0 Å². The summed E-state index contributed by atoms with van der Waals surface area (Å²) in [5.74, 6) is -0.0783. The van der Waals surface area contributed by atoms with Crippen LogP contribution in [0.15, 0.2) is 6.07 Å². The van der Waals surface area contributed by atoms with Crippen LogP contribution in [0.25, 0.3) is 0 Å². The lowest BCUT2D eigenvalue weighted by Gasteiger charge is -2.12. The van der Waals surface area contributed by atoms with Gasteiger partial charge in [-0.25, -0.2) is 4.79 Å². The molecular formula is C11H14O4. The smallest absolute Gasteiger partial charge is 0.504 e. The van der Waals surface area contributed by atoms with Gasteiger partial charge in [-0.3, -0.25) is 0 Å². The fourth-order valence-corrected chi connectivity index (χ4v) is 1.54. The summed E-state index contributed by atoms with van der Waals surface area (Å²) in [7, 11) is 0. The second-order valence-electron chi connectivity index (χ2n) is 3.37. The molecule has 0 atom stereocenters. The molecule has 0 aliphatic heterocycles. The third kappa shape index (κ3) is 2.21. The number of aromatic hydroxyl groups is 1. The zero-order valence-corrected chi connectivity index (χ0v) is 9.00. The minimum Gasteiger partial charge on any atom is -0.504 e. The van der Waals surface area contributed by atoms with Gasteiger partial charge in [-0.1, -0.05) is 6.92 Å². The van der Waals surface area contributed by atoms with Gasteiger partial charge in [0.2, 0.25) is 0 Å². The number of rotatable bonds is 2. The molecule has 0 aliphatic rings. The number of carboxylic acid groups (broad SMARTS) is 1. The Hall–Kier alpha value is -1.71. The first kappa shape index (κ1) is 11.4. The van der Waals surface area contributed by atoms with E-state index in [2.05, 4.69) is 4.74 Å². The molecule has 0 saturated carbocycles. The molecule has 4 nitrogen and oxygen atoms in total. The van der Waals surface area contributed by atoms with Gasteiger partial charge in [0.25, 0.3) is 0 Å². The van der Waals surface area contributed by atoms with Crippen molar-refractivity contribution in [3.8, 4) is 11.5 Å². The molecule has 0 heterocycles. The first-order chi connectivity index (χ1) is 6.97. The SMILES string of the molecule is CCc1c(C)c(C)cc(OC(=O)O)c1O. The summed E-state index contributed by atoms with van der Waals surface area (Å²) in [6.45, 7) is 5.63. The van der Waals surface area contributed by atoms with Gasteiger partial charge >= 0.3 is 6.16 Å². The van der Waals surface area contributed by atoms with Crippen LogP contribution < -0.4 is 4.74 Å². The molecule has 0 aliphatic carbocycles. The van der Waals surface area contributed by atoms with Gasteiger partial charge in [-0.05, 0) is 37.5 Å². The zero-order chi connectivity index (χ0) is 11.6. The third-order valence-electron chi connectivity index (χ3n) is 2.46. The molecule has 82 valence electrons. The zero-order valence-electron chi connectivity index (χ0n) is 9.00. The van der Waals surface area contributed by atoms with Crippen LogP contribution in [-0.2, 0) is 6.42 Å². The van der Waals surface area contributed by atoms with Crippen molar-refractivity contribution in [3.05, 3.63) is 22.8 Å². The molecule has 0 fully saturated rings. The molecule has 1 aromatic rings. The summed E-state index contributed by atoms with van der Waals surface area (Å²) in [4.78, 5) is 10.4. The van der Waals surface area contributed by atoms with Gasteiger partial charge in [0.15, 0.2) is 11.5 Å². The number of carbonyl (C=O) groups is 1. The summed E-state index contributed by atoms with van der Waals surface area (Å²) in [6.07, 6.45) is -0.786. The number of benzene rings is 1. The molecule has 0 bridgehead atoms. The van der Waals surface area contributed by atoms with Crippen LogP contribution in [0.1, 0.15) is 23.6 Å². The highest BCUT2D eigenvalue weighted by atomic mass is 16.7. The summed E-state index contributed by atoms with van der Waals surface area (Å²) in [5, 5.41) is 18.2. The minimum absolute atomic E-state index is 0.00227. The molecule has 0 amide bonds. The summed E-state index contributed by atoms with van der Waals surface area (Å²) < 4.78 is 4.49. The molecule has 0 spiro atoms. The number of hydrogen-bond acceptors (Lipinski definition) is 3. The number of aryl methyl sites for hydroxylation is 1. The van der Waals surface area contributed by atoms with Crippen molar-refractivity contribution in [3.63, 3.8) is 0 Å². The molecular weight excluding hydrogens is 196 g/mol. The van der Waals surface area contributed by atoms with Crippen molar-refractivity contribution in [1.82, 2.24) is 0 Å². The lowest BCUT2D eigenvalue weighted by molar-refractivity contribution is 0.142. The van der Waals surface area contributed by atoms with Crippen LogP contribution in [0.3, 0.4) is 0 Å². The van der Waals surface area contributed by atoms with Crippen LogP contribution in [0.5, 0.6) is 11.5 Å². The number of ether oxygens (including phenoxy) is 1. The monoisotopic (exact) mass is 210 g/mol. The van der Waals surface area contributed by atoms with Gasteiger partial charge < -0.3 is 14.9 Å². The molecule has 1 aromatic carbocycles. The maximum atomic E-state index is 10.4. The fraction of sp³-hybridized carbons (Fsp3) is 0.364. The second-order valence-corrected chi connectivity index (χ2v) is 3.37. The van der Waals surface area contributed by atoms with Crippen LogP contribution >= 0.6 is 0 Å². The van der Waals surface area contributed by atoms with E-state index in [0.29, 0.717) is 6.42 Å². The normalized spacial score (nSPS) is 10.1. The van der Waals surface area contributed by atoms with E-state index < -0.39 is 6.16 Å². The van der Waals surface area contributed by atoms with Gasteiger partial charge in [-0.2, -0.15) is 0 Å². The summed E-state index contributed by atoms with van der Waals surface area (Å²) >= 11 is 0. The fourth-order valence-electron chi connectivity index (χ4n) is 1.54. The average molecular weight is 210 g/mol. The van der Waals surface area contributed by atoms with Crippen molar-refractivity contribution in [2.45, 2.75) is 27.2 Å². The Labute approximate surface area is 88.1 Å². The molecule has 0 aromatic heterocycles. The first-order valence-electron chi connectivity index (χ1n) is 4.70. The first-order valence-corrected chi connectivity index (χ1v) is 4.70. The third-order valence-corrected chi connectivity index (χ3v) is 2.46. The van der Waals surface area contributed by atoms with Crippen LogP contribution in [0.4, 0.5) is 4.79 Å². The number of hydrogen-bond donors (Lipinski definition) is 2. The van der Waals surface area contributed by atoms with Crippen LogP contribution in [0, 0.1) is 13.8 Å². The van der Waals surface area contributed by atoms with Gasteiger partial charge in [0.1, 0.15) is 0 Å². The predicted octanol–water partition coefficient (Wildman–Crippen LogP) is 2.63. The molecule has 2 N–H and O–H groups in total. The second kappa shape index (κ2) is 4.21. The Bertz CT molecular complexity index is 396. The van der Waals surface area contributed by atoms with Crippen molar-refractivity contribution >= 4 is 6.16 Å². The summed E-state index contributed by atoms with van der Waals surface area (Å²) in [6, 6.07) is 1.53. The lowest BCUT2D eigenvalue weighted by Crippen LogP contribution is -2.05. The van der Waals surface area contributed by atoms with E-state index in [-0.39, 0.29) is 11.5 Å². The Morgan fingerprint density at radius 1 is 1.47 bits per heavy atom. The van der Waals surface area contributed by atoms with E-state index in [1.54, 1.807) is 0 Å². The highest BCUT2D eigenvalue weighted by molar-refractivity contribution is 5.65. The maximum absolute atomic E-state index is 10.4. The standard InChI is InChI=1S/C11H14O4/c1-4-8-7(3)6(2)5-9(10(8)12)15-11(13)14/h5,12H,4H2,1-3H3,(H,13,14). The highest BCUT2D eigenvalue weighted by Gasteiger charge is 2.14. The molecule has 0 unspecified atom stereocenters. The molecule has 0 saturated heterocycles. The van der Waals surface area contributed by atoms with Crippen LogP contribution in [-0.4, -0.2) is 16.4 Å².